The largest absolute Gasteiger partial charge is 0.495 e. The minimum Gasteiger partial charge on any atom is -0.495 e. The molecule has 9 nitrogen and oxygen atoms in total. The number of nitrogens with zero attached hydrogens (tertiary/aromatic N) is 1. The summed E-state index contributed by atoms with van der Waals surface area (Å²) >= 11 is 1.34. The second-order valence-electron chi connectivity index (χ2n) is 8.95. The number of anilines is 1. The van der Waals surface area contributed by atoms with Crippen molar-refractivity contribution in [3.05, 3.63) is 72.6 Å². The lowest BCUT2D eigenvalue weighted by Crippen LogP contribution is -2.37. The summed E-state index contributed by atoms with van der Waals surface area (Å²) in [6.45, 7) is 0. The van der Waals surface area contributed by atoms with Gasteiger partial charge in [-0.3, -0.25) is 4.79 Å². The van der Waals surface area contributed by atoms with Crippen LogP contribution in [0.5, 0.6) is 23.0 Å². The van der Waals surface area contributed by atoms with Crippen LogP contribution in [0.25, 0.3) is 32.5 Å². The van der Waals surface area contributed by atoms with E-state index in [1.165, 1.54) is 11.5 Å². The van der Waals surface area contributed by atoms with Gasteiger partial charge in [0.25, 0.3) is 0 Å². The van der Waals surface area contributed by atoms with Crippen LogP contribution in [0.3, 0.4) is 0 Å². The Morgan fingerprint density at radius 2 is 1.63 bits per heavy atom. The molecule has 0 saturated carbocycles. The van der Waals surface area contributed by atoms with Gasteiger partial charge in [-0.05, 0) is 53.5 Å². The Bertz CT molecular complexity index is 1610. The molecular weight excluding hydrogens is 566 g/mol. The summed E-state index contributed by atoms with van der Waals surface area (Å²) in [6.07, 6.45) is 2.03. The second kappa shape index (κ2) is 12.9. The minimum absolute atomic E-state index is 0. The van der Waals surface area contributed by atoms with Gasteiger partial charge in [0.1, 0.15) is 17.1 Å². The molecule has 0 aliphatic rings. The van der Waals surface area contributed by atoms with Gasteiger partial charge < -0.3 is 34.4 Å². The topological polar surface area (TPSA) is 118 Å². The van der Waals surface area contributed by atoms with Gasteiger partial charge in [-0.2, -0.15) is 4.37 Å². The number of halogens is 1. The number of aromatic nitrogens is 1. The van der Waals surface area contributed by atoms with E-state index < -0.39 is 6.04 Å². The van der Waals surface area contributed by atoms with Crippen LogP contribution in [0.15, 0.2) is 71.3 Å². The number of para-hydroxylation sites is 1. The highest BCUT2D eigenvalue weighted by molar-refractivity contribution is 7.10. The fourth-order valence-electron chi connectivity index (χ4n) is 4.51. The third-order valence-corrected chi connectivity index (χ3v) is 7.35. The first kappa shape index (κ1) is 29.7. The maximum atomic E-state index is 13.1. The summed E-state index contributed by atoms with van der Waals surface area (Å²) in [4.78, 5) is 14.0. The Labute approximate surface area is 247 Å². The SMILES string of the molecule is COc1ccc(-c2cnsc2-c2cc(OC)c(OC)c(OC)c2)cc1NC(=O)C(N)Cc1cc2ccccc2o1.Cl. The van der Waals surface area contributed by atoms with Gasteiger partial charge in [-0.15, -0.1) is 12.4 Å². The maximum Gasteiger partial charge on any atom is 0.241 e. The van der Waals surface area contributed by atoms with Crippen molar-refractivity contribution in [1.82, 2.24) is 4.37 Å². The normalized spacial score (nSPS) is 11.4. The molecule has 214 valence electrons. The van der Waals surface area contributed by atoms with Crippen LogP contribution < -0.4 is 30.0 Å². The smallest absolute Gasteiger partial charge is 0.241 e. The zero-order valence-electron chi connectivity index (χ0n) is 22.9. The van der Waals surface area contributed by atoms with Crippen molar-refractivity contribution < 1.29 is 28.2 Å². The lowest BCUT2D eigenvalue weighted by molar-refractivity contribution is -0.117. The van der Waals surface area contributed by atoms with E-state index in [-0.39, 0.29) is 24.7 Å². The van der Waals surface area contributed by atoms with Crippen LogP contribution >= 0.6 is 23.9 Å². The van der Waals surface area contributed by atoms with E-state index >= 15 is 0 Å². The highest BCUT2D eigenvalue weighted by atomic mass is 35.5. The molecule has 1 unspecified atom stereocenters. The first-order chi connectivity index (χ1) is 19.4. The predicted octanol–water partition coefficient (Wildman–Crippen LogP) is 6.19. The quantitative estimate of drug-likeness (QED) is 0.196. The number of fused-ring (bicyclic) bond motifs is 1. The van der Waals surface area contributed by atoms with Gasteiger partial charge in [0.05, 0.1) is 45.0 Å². The molecule has 2 heterocycles. The monoisotopic (exact) mass is 595 g/mol. The third kappa shape index (κ3) is 6.09. The number of nitrogens with two attached hydrogens (primary N) is 1. The van der Waals surface area contributed by atoms with E-state index in [1.807, 2.05) is 54.6 Å². The number of amides is 1. The average molecular weight is 596 g/mol. The zero-order valence-corrected chi connectivity index (χ0v) is 24.6. The summed E-state index contributed by atoms with van der Waals surface area (Å²) < 4.78 is 32.3. The van der Waals surface area contributed by atoms with E-state index in [0.29, 0.717) is 34.4 Å². The number of benzene rings is 3. The van der Waals surface area contributed by atoms with Gasteiger partial charge >= 0.3 is 0 Å². The molecule has 0 bridgehead atoms. The Morgan fingerprint density at radius 3 is 2.29 bits per heavy atom. The molecular formula is C30H30ClN3O6S. The molecule has 0 fully saturated rings. The van der Waals surface area contributed by atoms with Crippen LogP contribution in [0.1, 0.15) is 5.76 Å². The van der Waals surface area contributed by atoms with Crippen LogP contribution in [0, 0.1) is 0 Å². The molecule has 5 rings (SSSR count). The molecule has 3 aromatic carbocycles. The number of furan rings is 1. The van der Waals surface area contributed by atoms with Crippen molar-refractivity contribution >= 4 is 46.5 Å². The highest BCUT2D eigenvalue weighted by Gasteiger charge is 2.21. The number of carbonyl (C=O) groups excluding carboxylic acids is 1. The van der Waals surface area contributed by atoms with Crippen LogP contribution in [-0.2, 0) is 11.2 Å². The van der Waals surface area contributed by atoms with Gasteiger partial charge in [-0.25, -0.2) is 0 Å². The Hall–Kier alpha value is -4.25. The molecule has 2 aromatic heterocycles. The van der Waals surface area contributed by atoms with E-state index in [0.717, 1.165) is 32.5 Å². The Balaban J connectivity index is 0.00000387. The molecule has 0 spiro atoms. The standard InChI is InChI=1S/C30H29N3O6S.ClH/c1-35-25-10-9-17(21-16-32-40-29(21)19-13-26(36-2)28(38-4)27(14-19)37-3)12-23(25)33-30(34)22(31)15-20-11-18-7-5-6-8-24(18)39-20;/h5-14,16,22H,15,31H2,1-4H3,(H,33,34);1H. The van der Waals surface area contributed by atoms with E-state index in [1.54, 1.807) is 40.7 Å². The number of rotatable bonds is 10. The highest BCUT2D eigenvalue weighted by Crippen LogP contribution is 2.45. The van der Waals surface area contributed by atoms with Crippen molar-refractivity contribution in [2.75, 3.05) is 33.8 Å². The molecule has 0 aliphatic heterocycles. The third-order valence-electron chi connectivity index (χ3n) is 6.50. The molecule has 11 heteroatoms. The van der Waals surface area contributed by atoms with E-state index in [4.69, 9.17) is 29.1 Å². The number of carbonyl (C=O) groups is 1. The Kier molecular flexibility index (Phi) is 9.38. The van der Waals surface area contributed by atoms with Gasteiger partial charge in [0.2, 0.25) is 11.7 Å². The summed E-state index contributed by atoms with van der Waals surface area (Å²) in [5.74, 6) is 2.38. The summed E-state index contributed by atoms with van der Waals surface area (Å²) in [5, 5.41) is 3.89. The predicted molar refractivity (Wildman–Crippen MR) is 163 cm³/mol. The molecule has 3 N–H and O–H groups in total. The summed E-state index contributed by atoms with van der Waals surface area (Å²) in [6, 6.07) is 18.0. The van der Waals surface area contributed by atoms with Crippen LogP contribution in [0.4, 0.5) is 5.69 Å². The van der Waals surface area contributed by atoms with Crippen molar-refractivity contribution in [2.45, 2.75) is 12.5 Å². The van der Waals surface area contributed by atoms with Gasteiger partial charge in [-0.1, -0.05) is 24.3 Å². The van der Waals surface area contributed by atoms with Crippen LogP contribution in [0.2, 0.25) is 0 Å². The summed E-state index contributed by atoms with van der Waals surface area (Å²) in [7, 11) is 6.26. The first-order valence-corrected chi connectivity index (χ1v) is 13.2. The van der Waals surface area contributed by atoms with Crippen molar-refractivity contribution in [3.63, 3.8) is 0 Å². The first-order valence-electron chi connectivity index (χ1n) is 12.4. The number of ether oxygens (including phenoxy) is 4. The lowest BCUT2D eigenvalue weighted by Gasteiger charge is -2.16. The molecule has 1 amide bonds. The van der Waals surface area contributed by atoms with Gasteiger partial charge in [0, 0.05) is 29.1 Å². The molecule has 1 atom stereocenters. The number of hydrogen-bond donors (Lipinski definition) is 2. The zero-order chi connectivity index (χ0) is 28.2. The van der Waals surface area contributed by atoms with Crippen LogP contribution in [-0.4, -0.2) is 44.8 Å². The molecule has 5 aromatic rings. The lowest BCUT2D eigenvalue weighted by atomic mass is 10.0. The maximum absolute atomic E-state index is 13.1. The number of methoxy groups -OCH3 is 4. The van der Waals surface area contributed by atoms with E-state index in [2.05, 4.69) is 9.69 Å². The molecule has 41 heavy (non-hydrogen) atoms. The minimum atomic E-state index is -0.827. The van der Waals surface area contributed by atoms with E-state index in [9.17, 15) is 4.79 Å². The average Bonchev–Trinajstić information content (AvgIpc) is 3.63. The fraction of sp³-hybridized carbons (Fsp3) is 0.200. The van der Waals surface area contributed by atoms with Crippen molar-refractivity contribution in [1.29, 1.82) is 0 Å². The second-order valence-corrected chi connectivity index (χ2v) is 9.75. The van der Waals surface area contributed by atoms with Crippen molar-refractivity contribution in [3.8, 4) is 44.6 Å². The Morgan fingerprint density at radius 1 is 0.927 bits per heavy atom. The number of nitrogens with one attached hydrogen (secondary N) is 1. The molecule has 0 aliphatic carbocycles. The number of hydrogen-bond acceptors (Lipinski definition) is 9. The molecule has 0 radical (unpaired) electrons. The molecule has 0 saturated heterocycles. The summed E-state index contributed by atoms with van der Waals surface area (Å²) in [5.41, 5.74) is 10.1. The fourth-order valence-corrected chi connectivity index (χ4v) is 5.27. The van der Waals surface area contributed by atoms with Gasteiger partial charge in [0.15, 0.2) is 11.5 Å². The van der Waals surface area contributed by atoms with Crippen molar-refractivity contribution in [2.24, 2.45) is 5.73 Å².